The molecule has 2 heteroatoms. The van der Waals surface area contributed by atoms with Crippen LogP contribution in [0.15, 0.2) is 0 Å². The lowest BCUT2D eigenvalue weighted by atomic mass is 10.4. The molecular formula is C6H14NO+. The van der Waals surface area contributed by atoms with Crippen LogP contribution in [0.4, 0.5) is 0 Å². The van der Waals surface area contributed by atoms with Crippen LogP contribution in [-0.2, 0) is 4.74 Å². The van der Waals surface area contributed by atoms with E-state index in [2.05, 4.69) is 14.0 Å². The SMILES string of the molecule is CCC[N+]1(C)COC1. The first-order chi connectivity index (χ1) is 3.77. The Morgan fingerprint density at radius 3 is 2.25 bits per heavy atom. The molecule has 1 heterocycles. The second-order valence-electron chi connectivity index (χ2n) is 2.81. The molecule has 0 aromatic rings. The van der Waals surface area contributed by atoms with Gasteiger partial charge in [-0.1, -0.05) is 6.92 Å². The van der Waals surface area contributed by atoms with Crippen LogP contribution in [0.2, 0.25) is 0 Å². The van der Waals surface area contributed by atoms with Crippen LogP contribution in [0.5, 0.6) is 0 Å². The lowest BCUT2D eigenvalue weighted by Gasteiger charge is -2.40. The molecule has 0 aromatic heterocycles. The lowest BCUT2D eigenvalue weighted by molar-refractivity contribution is -1.01. The van der Waals surface area contributed by atoms with Crippen molar-refractivity contribution in [3.63, 3.8) is 0 Å². The highest BCUT2D eigenvalue weighted by molar-refractivity contribution is 4.32. The summed E-state index contributed by atoms with van der Waals surface area (Å²) in [5, 5.41) is 0. The summed E-state index contributed by atoms with van der Waals surface area (Å²) in [5.74, 6) is 0. The van der Waals surface area contributed by atoms with Gasteiger partial charge in [-0.2, -0.15) is 0 Å². The third-order valence-electron chi connectivity index (χ3n) is 1.57. The van der Waals surface area contributed by atoms with E-state index < -0.39 is 0 Å². The topological polar surface area (TPSA) is 9.23 Å². The molecule has 8 heavy (non-hydrogen) atoms. The Morgan fingerprint density at radius 1 is 1.50 bits per heavy atom. The van der Waals surface area contributed by atoms with Crippen LogP contribution in [0.1, 0.15) is 13.3 Å². The Morgan fingerprint density at radius 2 is 2.12 bits per heavy atom. The number of hydrogen-bond donors (Lipinski definition) is 0. The fourth-order valence-electron chi connectivity index (χ4n) is 1.07. The zero-order valence-corrected chi connectivity index (χ0v) is 5.68. The first kappa shape index (κ1) is 6.05. The highest BCUT2D eigenvalue weighted by atomic mass is 16.6. The van der Waals surface area contributed by atoms with Gasteiger partial charge in [0.2, 0.25) is 0 Å². The smallest absolute Gasteiger partial charge is 0.190 e. The highest BCUT2D eigenvalue weighted by Gasteiger charge is 2.29. The van der Waals surface area contributed by atoms with Gasteiger partial charge in [0.1, 0.15) is 0 Å². The van der Waals surface area contributed by atoms with Crippen molar-refractivity contribution in [2.24, 2.45) is 0 Å². The van der Waals surface area contributed by atoms with Gasteiger partial charge in [-0.05, 0) is 6.42 Å². The summed E-state index contributed by atoms with van der Waals surface area (Å²) >= 11 is 0. The number of quaternary nitrogens is 1. The predicted octanol–water partition coefficient (Wildman–Crippen LogP) is 0.788. The third kappa shape index (κ3) is 1.01. The molecule has 0 radical (unpaired) electrons. The molecule has 0 spiro atoms. The molecule has 0 saturated carbocycles. The van der Waals surface area contributed by atoms with Crippen molar-refractivity contribution in [3.05, 3.63) is 0 Å². The molecule has 1 aliphatic heterocycles. The largest absolute Gasteiger partial charge is 0.281 e. The fraction of sp³-hybridized carbons (Fsp3) is 1.00. The number of nitrogens with zero attached hydrogens (tertiary/aromatic N) is 1. The minimum atomic E-state index is 0.924. The first-order valence-corrected chi connectivity index (χ1v) is 3.18. The monoisotopic (exact) mass is 116 g/mol. The van der Waals surface area contributed by atoms with Crippen molar-refractivity contribution in [2.75, 3.05) is 27.1 Å². The predicted molar refractivity (Wildman–Crippen MR) is 32.2 cm³/mol. The molecule has 0 atom stereocenters. The molecule has 0 unspecified atom stereocenters. The maximum Gasteiger partial charge on any atom is 0.190 e. The van der Waals surface area contributed by atoms with Crippen molar-refractivity contribution in [1.82, 2.24) is 0 Å². The van der Waals surface area contributed by atoms with Gasteiger partial charge in [0.15, 0.2) is 13.5 Å². The number of hydrogen-bond acceptors (Lipinski definition) is 1. The van der Waals surface area contributed by atoms with Crippen LogP contribution in [0.25, 0.3) is 0 Å². The van der Waals surface area contributed by atoms with E-state index >= 15 is 0 Å². The first-order valence-electron chi connectivity index (χ1n) is 3.18. The van der Waals surface area contributed by atoms with Gasteiger partial charge in [-0.15, -0.1) is 0 Å². The van der Waals surface area contributed by atoms with Gasteiger partial charge < -0.3 is 0 Å². The molecule has 0 aliphatic carbocycles. The molecule has 0 amide bonds. The van der Waals surface area contributed by atoms with Crippen LogP contribution in [0, 0.1) is 0 Å². The molecule has 0 N–H and O–H groups in total. The van der Waals surface area contributed by atoms with Gasteiger partial charge >= 0.3 is 0 Å². The van der Waals surface area contributed by atoms with Crippen molar-refractivity contribution in [2.45, 2.75) is 13.3 Å². The molecule has 1 aliphatic rings. The van der Waals surface area contributed by atoms with Crippen molar-refractivity contribution in [3.8, 4) is 0 Å². The molecule has 1 saturated heterocycles. The van der Waals surface area contributed by atoms with Crippen molar-refractivity contribution in [1.29, 1.82) is 0 Å². The van der Waals surface area contributed by atoms with Gasteiger partial charge in [-0.3, -0.25) is 9.22 Å². The summed E-state index contributed by atoms with van der Waals surface area (Å²) in [6.45, 7) is 5.32. The van der Waals surface area contributed by atoms with E-state index in [0.717, 1.165) is 17.9 Å². The van der Waals surface area contributed by atoms with Crippen LogP contribution in [-0.4, -0.2) is 31.5 Å². The van der Waals surface area contributed by atoms with Crippen LogP contribution < -0.4 is 0 Å². The van der Waals surface area contributed by atoms with E-state index in [1.165, 1.54) is 13.0 Å². The summed E-state index contributed by atoms with van der Waals surface area (Å²) in [5.41, 5.74) is 0. The summed E-state index contributed by atoms with van der Waals surface area (Å²) in [7, 11) is 2.23. The Balaban J connectivity index is 2.20. The Kier molecular flexibility index (Phi) is 1.54. The highest BCUT2D eigenvalue weighted by Crippen LogP contribution is 2.12. The molecule has 1 rings (SSSR count). The Bertz CT molecular complexity index is 78.6. The van der Waals surface area contributed by atoms with Crippen molar-refractivity contribution < 1.29 is 9.22 Å². The van der Waals surface area contributed by atoms with E-state index in [0.29, 0.717) is 0 Å². The molecule has 0 bridgehead atoms. The van der Waals surface area contributed by atoms with Gasteiger partial charge in [-0.25, -0.2) is 0 Å². The minimum absolute atomic E-state index is 0.924. The fourth-order valence-corrected chi connectivity index (χ4v) is 1.07. The summed E-state index contributed by atoms with van der Waals surface area (Å²) in [4.78, 5) is 0. The van der Waals surface area contributed by atoms with E-state index in [9.17, 15) is 0 Å². The Hall–Kier alpha value is -0.0800. The van der Waals surface area contributed by atoms with E-state index in [-0.39, 0.29) is 0 Å². The molecule has 2 nitrogen and oxygen atoms in total. The number of ether oxygens (including phenoxy) is 1. The zero-order chi connectivity index (χ0) is 6.04. The van der Waals surface area contributed by atoms with Gasteiger partial charge in [0, 0.05) is 0 Å². The standard InChI is InChI=1S/C6H14NO/c1-3-4-7(2)5-8-6-7/h3-6H2,1-2H3/q+1. The average Bonchev–Trinajstić information content (AvgIpc) is 1.64. The summed E-state index contributed by atoms with van der Waals surface area (Å²) in [6, 6.07) is 0. The minimum Gasteiger partial charge on any atom is -0.281 e. The van der Waals surface area contributed by atoms with Gasteiger partial charge in [0.25, 0.3) is 0 Å². The molecular weight excluding hydrogens is 102 g/mol. The molecule has 48 valence electrons. The Labute approximate surface area is 50.6 Å². The maximum absolute atomic E-state index is 5.06. The second kappa shape index (κ2) is 2.03. The summed E-state index contributed by atoms with van der Waals surface area (Å²) < 4.78 is 6.18. The maximum atomic E-state index is 5.06. The average molecular weight is 116 g/mol. The van der Waals surface area contributed by atoms with Crippen LogP contribution in [0.3, 0.4) is 0 Å². The third-order valence-corrected chi connectivity index (χ3v) is 1.57. The van der Waals surface area contributed by atoms with E-state index in [1.807, 2.05) is 0 Å². The molecule has 0 aromatic carbocycles. The van der Waals surface area contributed by atoms with Gasteiger partial charge in [0.05, 0.1) is 13.6 Å². The van der Waals surface area contributed by atoms with Crippen LogP contribution >= 0.6 is 0 Å². The van der Waals surface area contributed by atoms with E-state index in [1.54, 1.807) is 0 Å². The number of rotatable bonds is 2. The normalized spacial score (nSPS) is 24.8. The summed E-state index contributed by atoms with van der Waals surface area (Å²) in [6.07, 6.45) is 1.26. The molecule has 1 fully saturated rings. The quantitative estimate of drug-likeness (QED) is 0.485. The van der Waals surface area contributed by atoms with E-state index in [4.69, 9.17) is 4.74 Å². The lowest BCUT2D eigenvalue weighted by Crippen LogP contribution is -2.56. The van der Waals surface area contributed by atoms with Crippen molar-refractivity contribution >= 4 is 0 Å². The zero-order valence-electron chi connectivity index (χ0n) is 5.68. The second-order valence-corrected chi connectivity index (χ2v) is 2.81.